The number of carbonyl (C=O) groups is 5. The summed E-state index contributed by atoms with van der Waals surface area (Å²) in [7, 11) is -3.08. The van der Waals surface area contributed by atoms with E-state index in [0.717, 1.165) is 62.7 Å². The van der Waals surface area contributed by atoms with Crippen molar-refractivity contribution in [2.24, 2.45) is 11.7 Å². The highest BCUT2D eigenvalue weighted by molar-refractivity contribution is 7.80. The van der Waals surface area contributed by atoms with E-state index >= 15 is 0 Å². The van der Waals surface area contributed by atoms with Gasteiger partial charge in [0.05, 0.1) is 6.42 Å². The molecule has 1 aromatic rings. The predicted octanol–water partition coefficient (Wildman–Crippen LogP) is -1.59. The first-order valence-electron chi connectivity index (χ1n) is 22.6. The van der Waals surface area contributed by atoms with Crippen molar-refractivity contribution in [2.75, 3.05) is 27.2 Å². The average molecular weight is 1010 g/mol. The van der Waals surface area contributed by atoms with Gasteiger partial charge < -0.3 is 59.9 Å². The lowest BCUT2D eigenvalue weighted by Crippen LogP contribution is -2.60. The maximum absolute atomic E-state index is 14.6. The highest BCUT2D eigenvalue weighted by Crippen LogP contribution is 2.37. The van der Waals surface area contributed by atoms with Crippen LogP contribution in [0.1, 0.15) is 90.7 Å². The topological polar surface area (TPSA) is 384 Å². The van der Waals surface area contributed by atoms with Gasteiger partial charge in [0, 0.05) is 51.7 Å². The molecule has 0 bridgehead atoms. The number of nitrogens with one attached hydrogen (secondary N) is 1. The van der Waals surface area contributed by atoms with Gasteiger partial charge in [0.25, 0.3) is 5.56 Å². The summed E-state index contributed by atoms with van der Waals surface area (Å²) in [4.78, 5) is 94.0. The van der Waals surface area contributed by atoms with Crippen molar-refractivity contribution in [2.45, 2.75) is 164 Å². The molecule has 26 nitrogen and oxygen atoms in total. The van der Waals surface area contributed by atoms with Crippen LogP contribution in [-0.4, -0.2) is 188 Å². The van der Waals surface area contributed by atoms with Crippen molar-refractivity contribution in [3.63, 3.8) is 0 Å². The highest BCUT2D eigenvalue weighted by Gasteiger charge is 2.58. The zero-order valence-electron chi connectivity index (χ0n) is 38.7. The number of nitrogens with two attached hydrogens (primary N) is 1. The normalized spacial score (nSPS) is 29.1. The summed E-state index contributed by atoms with van der Waals surface area (Å²) in [5.41, 5.74) is 3.78. The van der Waals surface area contributed by atoms with E-state index < -0.39 is 156 Å². The number of carboxylic acids is 2. The van der Waals surface area contributed by atoms with E-state index in [1.54, 1.807) is 6.08 Å². The molecule has 14 atom stereocenters. The molecular weight excluding hydrogens is 943 g/mol. The van der Waals surface area contributed by atoms with Gasteiger partial charge >= 0.3 is 40.0 Å². The maximum atomic E-state index is 14.6. The fourth-order valence-electron chi connectivity index (χ4n) is 8.52. The standard InChI is InChI=1S/C42H65N5O21S/c1-5-6-7-8-9-10-11-12-13-14-23(63-28(51)18-22(2)17-27(49)50)19-29(52)64-25-21-45(3)31(38(56)46(4)30(25)40(57)58)35(67-41-37(68-69(60,61)62)32(53)24(20-43)65-41)36-33(54)34(55)39(66-36)47-16-15-26(48)44-42(47)59/h12-13,15-16,22-25,30-37,39,41,53-55H,5-11,14,17-21,43H2,1-4H3,(H,49,50)(H,57,58)(H,44,48,59)(H,60,61,62)/b13-12-/t22?,23?,24-,25?,30?,31?,32-,33+,34-,35?,36+,37-,39-,41+/m1/s1. The number of ether oxygens (including phenoxy) is 5. The molecule has 1 amide bonds. The lowest BCUT2D eigenvalue weighted by molar-refractivity contribution is -0.230. The molecule has 6 unspecified atom stereocenters. The molecule has 3 aliphatic rings. The van der Waals surface area contributed by atoms with E-state index in [2.05, 4.69) is 11.1 Å². The van der Waals surface area contributed by atoms with Crippen molar-refractivity contribution in [1.29, 1.82) is 0 Å². The number of esters is 2. The Labute approximate surface area is 397 Å². The Balaban J connectivity index is 1.67. The molecule has 9 N–H and O–H groups in total. The number of aliphatic hydroxyl groups is 3. The molecule has 1 aromatic heterocycles. The van der Waals surface area contributed by atoms with Crippen LogP contribution in [0.5, 0.6) is 0 Å². The Morgan fingerprint density at radius 2 is 1.62 bits per heavy atom. The second-order valence-electron chi connectivity index (χ2n) is 17.5. The Bertz CT molecular complexity index is 2170. The smallest absolute Gasteiger partial charge is 0.397 e. The number of carboxylic acid groups (broad SMARTS) is 2. The van der Waals surface area contributed by atoms with Crippen molar-refractivity contribution in [3.8, 4) is 0 Å². The van der Waals surface area contributed by atoms with Crippen LogP contribution in [0.4, 0.5) is 0 Å². The number of likely N-dealkylation sites (N-methyl/N-ethyl adjacent to an activating group) is 2. The van der Waals surface area contributed by atoms with Crippen LogP contribution in [0.25, 0.3) is 0 Å². The van der Waals surface area contributed by atoms with E-state index in [9.17, 15) is 67.0 Å². The van der Waals surface area contributed by atoms with Crippen molar-refractivity contribution in [1.82, 2.24) is 19.4 Å². The molecule has 27 heteroatoms. The molecule has 0 spiro atoms. The molecule has 3 fully saturated rings. The number of rotatable bonds is 26. The van der Waals surface area contributed by atoms with Crippen LogP contribution in [0.2, 0.25) is 0 Å². The van der Waals surface area contributed by atoms with Crippen LogP contribution in [-0.2, 0) is 62.2 Å². The highest BCUT2D eigenvalue weighted by atomic mass is 32.3. The molecule has 3 aliphatic heterocycles. The molecule has 0 radical (unpaired) electrons. The molecule has 390 valence electrons. The lowest BCUT2D eigenvalue weighted by atomic mass is 9.97. The van der Waals surface area contributed by atoms with Crippen LogP contribution in [0.15, 0.2) is 34.0 Å². The van der Waals surface area contributed by atoms with Crippen molar-refractivity contribution < 1.29 is 90.3 Å². The first-order valence-corrected chi connectivity index (χ1v) is 24.0. The number of nitrogens with zero attached hydrogens (tertiary/aromatic N) is 3. The zero-order chi connectivity index (χ0) is 51.3. The molecule has 0 aliphatic carbocycles. The molecule has 3 saturated heterocycles. The summed E-state index contributed by atoms with van der Waals surface area (Å²) in [6, 6.07) is -2.91. The molecule has 4 rings (SSSR count). The van der Waals surface area contributed by atoms with Gasteiger partial charge in [-0.1, -0.05) is 58.1 Å². The van der Waals surface area contributed by atoms with Gasteiger partial charge in [0.2, 0.25) is 5.91 Å². The van der Waals surface area contributed by atoms with Gasteiger partial charge in [-0.2, -0.15) is 8.42 Å². The molecule has 0 aromatic carbocycles. The first kappa shape index (κ1) is 56.9. The molecular formula is C42H65N5O21S. The minimum Gasteiger partial charge on any atom is -0.481 e. The van der Waals surface area contributed by atoms with Gasteiger partial charge in [-0.3, -0.25) is 43.0 Å². The zero-order valence-corrected chi connectivity index (χ0v) is 39.5. The number of unbranched alkanes of at least 4 members (excludes halogenated alkanes) is 6. The van der Waals surface area contributed by atoms with Gasteiger partial charge in [-0.05, 0) is 25.8 Å². The minimum absolute atomic E-state index is 0.0311. The fraction of sp³-hybridized carbons (Fsp3) is 0.738. The largest absolute Gasteiger partial charge is 0.481 e. The Morgan fingerprint density at radius 1 is 0.942 bits per heavy atom. The fourth-order valence-corrected chi connectivity index (χ4v) is 9.01. The summed E-state index contributed by atoms with van der Waals surface area (Å²) in [5.74, 6) is -6.38. The van der Waals surface area contributed by atoms with Crippen LogP contribution >= 0.6 is 0 Å². The maximum Gasteiger partial charge on any atom is 0.397 e. The van der Waals surface area contributed by atoms with E-state index in [-0.39, 0.29) is 19.3 Å². The second kappa shape index (κ2) is 26.0. The Morgan fingerprint density at radius 3 is 2.25 bits per heavy atom. The van der Waals surface area contributed by atoms with Crippen molar-refractivity contribution in [3.05, 3.63) is 45.3 Å². The predicted molar refractivity (Wildman–Crippen MR) is 235 cm³/mol. The van der Waals surface area contributed by atoms with Crippen molar-refractivity contribution >= 4 is 40.2 Å². The van der Waals surface area contributed by atoms with Gasteiger partial charge in [-0.25, -0.2) is 13.8 Å². The van der Waals surface area contributed by atoms with Gasteiger partial charge in [0.15, 0.2) is 24.7 Å². The van der Waals surface area contributed by atoms with E-state index in [0.29, 0.717) is 15.9 Å². The summed E-state index contributed by atoms with van der Waals surface area (Å²) in [5, 5.41) is 53.3. The van der Waals surface area contributed by atoms with E-state index in [1.165, 1.54) is 14.0 Å². The third kappa shape index (κ3) is 15.9. The number of allylic oxidation sites excluding steroid dienone is 1. The third-order valence-corrected chi connectivity index (χ3v) is 12.4. The van der Waals surface area contributed by atoms with Crippen LogP contribution in [0.3, 0.4) is 0 Å². The average Bonchev–Trinajstić information content (AvgIpc) is 3.67. The number of aromatic amines is 1. The van der Waals surface area contributed by atoms with E-state index in [1.807, 2.05) is 11.1 Å². The Hall–Kier alpha value is -4.68. The molecule has 4 heterocycles. The molecule has 0 saturated carbocycles. The van der Waals surface area contributed by atoms with Crippen LogP contribution in [0, 0.1) is 5.92 Å². The summed E-state index contributed by atoms with van der Waals surface area (Å²) in [6.07, 6.45) is -9.85. The number of amides is 1. The van der Waals surface area contributed by atoms with Gasteiger partial charge in [0.1, 0.15) is 54.9 Å². The third-order valence-electron chi connectivity index (χ3n) is 12.0. The number of aliphatic hydroxyl groups excluding tert-OH is 3. The lowest BCUT2D eigenvalue weighted by Gasteiger charge is -2.38. The quantitative estimate of drug-likeness (QED) is 0.0224. The summed E-state index contributed by atoms with van der Waals surface area (Å²) in [6.45, 7) is 2.56. The Kier molecular flexibility index (Phi) is 21.4. The number of aromatic nitrogens is 2. The molecule has 69 heavy (non-hydrogen) atoms. The monoisotopic (exact) mass is 1010 g/mol. The van der Waals surface area contributed by atoms with Gasteiger partial charge in [-0.15, -0.1) is 0 Å². The second-order valence-corrected chi connectivity index (χ2v) is 18.5. The number of aliphatic carboxylic acids is 2. The van der Waals surface area contributed by atoms with E-state index in [4.69, 9.17) is 34.5 Å². The summed E-state index contributed by atoms with van der Waals surface area (Å²) < 4.78 is 67.8. The minimum atomic E-state index is -5.37. The number of hydrogen-bond donors (Lipinski definition) is 8. The van der Waals surface area contributed by atoms with Crippen LogP contribution < -0.4 is 17.0 Å². The number of carbonyl (C=O) groups excluding carboxylic acids is 3. The number of H-pyrrole nitrogens is 1. The first-order chi connectivity index (χ1) is 32.5. The number of hydrogen-bond acceptors (Lipinski definition) is 20. The SMILES string of the molecule is CCCCCCCC/C=C\CC(CC(=O)OC1CN(C)C(C(O[C@@H]2O[C@H](CN)[C@@H](O)[C@H]2OS(=O)(=O)O)[C@H]2O[C@@H](n3ccc(=O)[nH]c3=O)[C@H](O)[C@@H]2O)C(=O)N(C)C1C(=O)O)OC(=O)CC(C)CC(=O)O. The summed E-state index contributed by atoms with van der Waals surface area (Å²) >= 11 is 0.